The highest BCUT2D eigenvalue weighted by atomic mass is 16.1. The molecule has 0 aromatic rings. The van der Waals surface area contributed by atoms with E-state index >= 15 is 0 Å². The van der Waals surface area contributed by atoms with Crippen LogP contribution in [0.3, 0.4) is 0 Å². The highest BCUT2D eigenvalue weighted by Crippen LogP contribution is 2.27. The van der Waals surface area contributed by atoms with E-state index in [1.165, 1.54) is 0 Å². The molecule has 0 saturated carbocycles. The van der Waals surface area contributed by atoms with Crippen LogP contribution in [0.25, 0.3) is 0 Å². The van der Waals surface area contributed by atoms with Crippen LogP contribution in [0.5, 0.6) is 0 Å². The summed E-state index contributed by atoms with van der Waals surface area (Å²) in [6, 6.07) is 0. The van der Waals surface area contributed by atoms with Crippen LogP contribution in [0.2, 0.25) is 0 Å². The minimum Gasteiger partial charge on any atom is -0.359 e. The Labute approximate surface area is 73.9 Å². The molecule has 1 unspecified atom stereocenters. The van der Waals surface area contributed by atoms with E-state index in [0.717, 1.165) is 19.5 Å². The lowest BCUT2D eigenvalue weighted by Gasteiger charge is -2.34. The van der Waals surface area contributed by atoms with Crippen molar-refractivity contribution < 1.29 is 4.79 Å². The van der Waals surface area contributed by atoms with E-state index < -0.39 is 0 Å². The molecule has 0 aromatic carbocycles. The summed E-state index contributed by atoms with van der Waals surface area (Å²) in [7, 11) is 1.70. The number of amides is 1. The zero-order valence-electron chi connectivity index (χ0n) is 8.11. The smallest absolute Gasteiger partial charge is 0.224 e. The fourth-order valence-corrected chi connectivity index (χ4v) is 1.79. The van der Waals surface area contributed by atoms with Gasteiger partial charge in [0.1, 0.15) is 0 Å². The molecule has 12 heavy (non-hydrogen) atoms. The van der Waals surface area contributed by atoms with Crippen molar-refractivity contribution in [1.82, 2.24) is 10.6 Å². The molecule has 0 bridgehead atoms. The van der Waals surface area contributed by atoms with Crippen molar-refractivity contribution in [1.29, 1.82) is 0 Å². The van der Waals surface area contributed by atoms with Gasteiger partial charge in [0, 0.05) is 20.1 Å². The maximum atomic E-state index is 11.3. The van der Waals surface area contributed by atoms with E-state index in [9.17, 15) is 4.79 Å². The van der Waals surface area contributed by atoms with Crippen LogP contribution in [-0.4, -0.2) is 26.0 Å². The molecule has 1 aliphatic heterocycles. The molecule has 1 rings (SSSR count). The van der Waals surface area contributed by atoms with Gasteiger partial charge in [-0.15, -0.1) is 0 Å². The molecule has 0 spiro atoms. The highest BCUT2D eigenvalue weighted by molar-refractivity contribution is 5.78. The number of hydrogen-bond acceptors (Lipinski definition) is 2. The van der Waals surface area contributed by atoms with Crippen LogP contribution in [0.15, 0.2) is 0 Å². The first kappa shape index (κ1) is 9.52. The van der Waals surface area contributed by atoms with Crippen LogP contribution in [0, 0.1) is 11.3 Å². The molecule has 0 aromatic heterocycles. The maximum Gasteiger partial charge on any atom is 0.224 e. The molecule has 3 heteroatoms. The fourth-order valence-electron chi connectivity index (χ4n) is 1.79. The van der Waals surface area contributed by atoms with E-state index in [-0.39, 0.29) is 17.2 Å². The molecule has 1 saturated heterocycles. The summed E-state index contributed by atoms with van der Waals surface area (Å²) in [5.74, 6) is 0.314. The Hall–Kier alpha value is -0.570. The summed E-state index contributed by atoms with van der Waals surface area (Å²) in [5.41, 5.74) is 0.259. The van der Waals surface area contributed by atoms with Crippen LogP contribution in [0.4, 0.5) is 0 Å². The number of carbonyl (C=O) groups excluding carboxylic acids is 1. The standard InChI is InChI=1S/C9H18N2O/c1-9(2)4-7(5-11-6-9)8(12)10-3/h7,11H,4-6H2,1-3H3,(H,10,12). The Morgan fingerprint density at radius 2 is 2.25 bits per heavy atom. The van der Waals surface area contributed by atoms with E-state index in [1.807, 2.05) is 0 Å². The second-order valence-corrected chi connectivity index (χ2v) is 4.31. The van der Waals surface area contributed by atoms with Gasteiger partial charge in [-0.2, -0.15) is 0 Å². The van der Waals surface area contributed by atoms with Gasteiger partial charge in [0.2, 0.25) is 5.91 Å². The van der Waals surface area contributed by atoms with Crippen molar-refractivity contribution in [2.45, 2.75) is 20.3 Å². The number of nitrogens with one attached hydrogen (secondary N) is 2. The lowest BCUT2D eigenvalue weighted by molar-refractivity contribution is -0.126. The van der Waals surface area contributed by atoms with Gasteiger partial charge < -0.3 is 10.6 Å². The molecule has 0 radical (unpaired) electrons. The Morgan fingerprint density at radius 3 is 2.75 bits per heavy atom. The van der Waals surface area contributed by atoms with Crippen LogP contribution >= 0.6 is 0 Å². The average Bonchev–Trinajstić information content (AvgIpc) is 2.01. The predicted molar refractivity (Wildman–Crippen MR) is 48.8 cm³/mol. The third kappa shape index (κ3) is 2.21. The fraction of sp³-hybridized carbons (Fsp3) is 0.889. The molecule has 0 aliphatic carbocycles. The van der Waals surface area contributed by atoms with Crippen molar-refractivity contribution in [3.05, 3.63) is 0 Å². The van der Waals surface area contributed by atoms with Crippen LogP contribution < -0.4 is 10.6 Å². The largest absolute Gasteiger partial charge is 0.359 e. The van der Waals surface area contributed by atoms with Gasteiger partial charge in [-0.3, -0.25) is 4.79 Å². The number of piperidine rings is 1. The predicted octanol–water partition coefficient (Wildman–Crippen LogP) is 0.368. The van der Waals surface area contributed by atoms with Gasteiger partial charge in [0.05, 0.1) is 5.92 Å². The number of carbonyl (C=O) groups is 1. The summed E-state index contributed by atoms with van der Waals surface area (Å²) in [6.07, 6.45) is 0.986. The summed E-state index contributed by atoms with van der Waals surface area (Å²) < 4.78 is 0. The Kier molecular flexibility index (Phi) is 2.73. The van der Waals surface area contributed by atoms with Crippen LogP contribution in [0.1, 0.15) is 20.3 Å². The molecule has 1 heterocycles. The third-order valence-electron chi connectivity index (χ3n) is 2.41. The Balaban J connectivity index is 2.52. The first-order valence-corrected chi connectivity index (χ1v) is 4.47. The van der Waals surface area contributed by atoms with Gasteiger partial charge >= 0.3 is 0 Å². The molecule has 2 N–H and O–H groups in total. The lowest BCUT2D eigenvalue weighted by Crippen LogP contribution is -2.46. The van der Waals surface area contributed by atoms with Gasteiger partial charge in [0.15, 0.2) is 0 Å². The molecule has 70 valence electrons. The summed E-state index contributed by atoms with van der Waals surface area (Å²) >= 11 is 0. The van der Waals surface area contributed by atoms with E-state index in [0.29, 0.717) is 0 Å². The minimum absolute atomic E-state index is 0.152. The quantitative estimate of drug-likeness (QED) is 0.597. The van der Waals surface area contributed by atoms with E-state index in [4.69, 9.17) is 0 Å². The molecule has 1 atom stereocenters. The van der Waals surface area contributed by atoms with Crippen molar-refractivity contribution in [3.8, 4) is 0 Å². The molecule has 3 nitrogen and oxygen atoms in total. The maximum absolute atomic E-state index is 11.3. The number of rotatable bonds is 1. The van der Waals surface area contributed by atoms with Crippen molar-refractivity contribution >= 4 is 5.91 Å². The first-order chi connectivity index (χ1) is 5.55. The molecule has 1 amide bonds. The van der Waals surface area contributed by atoms with Gasteiger partial charge in [-0.25, -0.2) is 0 Å². The monoisotopic (exact) mass is 170 g/mol. The van der Waals surface area contributed by atoms with Crippen molar-refractivity contribution in [2.75, 3.05) is 20.1 Å². The topological polar surface area (TPSA) is 41.1 Å². The van der Waals surface area contributed by atoms with Gasteiger partial charge in [-0.05, 0) is 11.8 Å². The average molecular weight is 170 g/mol. The molecular formula is C9H18N2O. The van der Waals surface area contributed by atoms with Crippen molar-refractivity contribution in [3.63, 3.8) is 0 Å². The second kappa shape index (κ2) is 3.44. The van der Waals surface area contributed by atoms with Gasteiger partial charge in [-0.1, -0.05) is 13.8 Å². The second-order valence-electron chi connectivity index (χ2n) is 4.31. The minimum atomic E-state index is 0.152. The summed E-state index contributed by atoms with van der Waals surface area (Å²) in [4.78, 5) is 11.3. The van der Waals surface area contributed by atoms with E-state index in [1.54, 1.807) is 7.05 Å². The zero-order chi connectivity index (χ0) is 9.19. The Bertz CT molecular complexity index is 177. The number of hydrogen-bond donors (Lipinski definition) is 2. The van der Waals surface area contributed by atoms with Crippen LogP contribution in [-0.2, 0) is 4.79 Å². The Morgan fingerprint density at radius 1 is 1.58 bits per heavy atom. The van der Waals surface area contributed by atoms with Gasteiger partial charge in [0.25, 0.3) is 0 Å². The lowest BCUT2D eigenvalue weighted by atomic mass is 9.79. The van der Waals surface area contributed by atoms with Crippen molar-refractivity contribution in [2.24, 2.45) is 11.3 Å². The third-order valence-corrected chi connectivity index (χ3v) is 2.41. The summed E-state index contributed by atoms with van der Waals surface area (Å²) in [6.45, 7) is 6.22. The summed E-state index contributed by atoms with van der Waals surface area (Å²) in [5, 5.41) is 5.97. The molecule has 1 aliphatic rings. The molecular weight excluding hydrogens is 152 g/mol. The zero-order valence-corrected chi connectivity index (χ0v) is 8.11. The first-order valence-electron chi connectivity index (χ1n) is 4.47. The SMILES string of the molecule is CNC(=O)C1CNCC(C)(C)C1. The molecule has 1 fully saturated rings. The highest BCUT2D eigenvalue weighted by Gasteiger charge is 2.31. The van der Waals surface area contributed by atoms with E-state index in [2.05, 4.69) is 24.5 Å². The normalized spacial score (nSPS) is 28.1.